The van der Waals surface area contributed by atoms with Crippen LogP contribution < -0.4 is 16.0 Å². The Kier molecular flexibility index (Phi) is 10.7. The summed E-state index contributed by atoms with van der Waals surface area (Å²) in [5.74, 6) is 0.728. The molecular formula is C25H40N4O4S. The number of aliphatic hydroxyl groups excluding tert-OH is 1. The molecule has 0 radical (unpaired) electrons. The molecule has 34 heavy (non-hydrogen) atoms. The summed E-state index contributed by atoms with van der Waals surface area (Å²) >= 11 is 1.41. The number of hydrogen-bond donors (Lipinski definition) is 4. The van der Waals surface area contributed by atoms with Gasteiger partial charge in [0.1, 0.15) is 6.04 Å². The van der Waals surface area contributed by atoms with Gasteiger partial charge in [-0.05, 0) is 45.1 Å². The van der Waals surface area contributed by atoms with Crippen LogP contribution in [-0.2, 0) is 16.0 Å². The molecule has 1 aromatic carbocycles. The van der Waals surface area contributed by atoms with Crippen LogP contribution in [0.4, 0.5) is 4.79 Å². The first-order valence-corrected chi connectivity index (χ1v) is 13.1. The lowest BCUT2D eigenvalue weighted by Gasteiger charge is -2.33. The number of nitrogens with zero attached hydrogens (tertiary/aromatic N) is 1. The summed E-state index contributed by atoms with van der Waals surface area (Å²) in [6, 6.07) is 8.09. The molecule has 1 aliphatic heterocycles. The van der Waals surface area contributed by atoms with E-state index in [0.29, 0.717) is 30.4 Å². The zero-order chi connectivity index (χ0) is 25.3. The van der Waals surface area contributed by atoms with E-state index in [2.05, 4.69) is 29.8 Å². The first-order chi connectivity index (χ1) is 15.9. The molecule has 0 bridgehead atoms. The molecule has 1 fully saturated rings. The summed E-state index contributed by atoms with van der Waals surface area (Å²) < 4.78 is 0. The minimum absolute atomic E-state index is 0.0815. The van der Waals surface area contributed by atoms with Gasteiger partial charge < -0.3 is 26.0 Å². The lowest BCUT2D eigenvalue weighted by Crippen LogP contribution is -2.58. The fourth-order valence-electron chi connectivity index (χ4n) is 3.57. The third-order valence-electron chi connectivity index (χ3n) is 5.41. The van der Waals surface area contributed by atoms with Crippen molar-refractivity contribution in [3.05, 3.63) is 35.9 Å². The van der Waals surface area contributed by atoms with Crippen LogP contribution in [-0.4, -0.2) is 76.2 Å². The second-order valence-electron chi connectivity index (χ2n) is 10.3. The molecule has 4 amide bonds. The van der Waals surface area contributed by atoms with Gasteiger partial charge in [0, 0.05) is 17.8 Å². The Labute approximate surface area is 207 Å². The Bertz CT molecular complexity index is 813. The van der Waals surface area contributed by atoms with E-state index in [9.17, 15) is 19.5 Å². The van der Waals surface area contributed by atoms with Crippen molar-refractivity contribution in [3.8, 4) is 0 Å². The minimum atomic E-state index is -0.992. The minimum Gasteiger partial charge on any atom is -0.389 e. The SMILES string of the molecule is CC(C)CCN(C[C@@H](O)[C@H](Cc1ccccc1)NC(=O)[C@@H]1CSCC(=O)N1)C(=O)NC(C)(C)C. The van der Waals surface area contributed by atoms with E-state index < -0.39 is 23.7 Å². The zero-order valence-corrected chi connectivity index (χ0v) is 21.8. The Hall–Kier alpha value is -2.26. The molecule has 8 nitrogen and oxygen atoms in total. The number of thioether (sulfide) groups is 1. The van der Waals surface area contributed by atoms with Crippen LogP contribution in [0, 0.1) is 5.92 Å². The maximum atomic E-state index is 13.0. The van der Waals surface area contributed by atoms with E-state index in [1.807, 2.05) is 51.1 Å². The average molecular weight is 493 g/mol. The van der Waals surface area contributed by atoms with Gasteiger partial charge in [0.2, 0.25) is 11.8 Å². The van der Waals surface area contributed by atoms with E-state index in [1.165, 1.54) is 11.8 Å². The van der Waals surface area contributed by atoms with Crippen molar-refractivity contribution in [2.75, 3.05) is 24.6 Å². The van der Waals surface area contributed by atoms with E-state index in [4.69, 9.17) is 0 Å². The molecule has 190 valence electrons. The van der Waals surface area contributed by atoms with Crippen molar-refractivity contribution in [2.24, 2.45) is 5.92 Å². The van der Waals surface area contributed by atoms with Gasteiger partial charge in [-0.25, -0.2) is 4.79 Å². The molecule has 1 heterocycles. The summed E-state index contributed by atoms with van der Waals surface area (Å²) in [7, 11) is 0. The average Bonchev–Trinajstić information content (AvgIpc) is 2.75. The fourth-order valence-corrected chi connectivity index (χ4v) is 4.42. The number of carbonyl (C=O) groups is 3. The van der Waals surface area contributed by atoms with Gasteiger partial charge in [0.25, 0.3) is 0 Å². The number of nitrogens with one attached hydrogen (secondary N) is 3. The Morgan fingerprint density at radius 3 is 2.50 bits per heavy atom. The third kappa shape index (κ3) is 9.93. The molecule has 0 spiro atoms. The Morgan fingerprint density at radius 2 is 1.91 bits per heavy atom. The summed E-state index contributed by atoms with van der Waals surface area (Å²) in [4.78, 5) is 39.2. The highest BCUT2D eigenvalue weighted by atomic mass is 32.2. The first-order valence-electron chi connectivity index (χ1n) is 11.9. The van der Waals surface area contributed by atoms with Crippen LogP contribution in [0.5, 0.6) is 0 Å². The molecule has 0 saturated carbocycles. The van der Waals surface area contributed by atoms with Crippen LogP contribution in [0.1, 0.15) is 46.6 Å². The molecular weight excluding hydrogens is 452 g/mol. The molecule has 3 atom stereocenters. The predicted octanol–water partition coefficient (Wildman–Crippen LogP) is 2.16. The predicted molar refractivity (Wildman–Crippen MR) is 137 cm³/mol. The smallest absolute Gasteiger partial charge is 0.317 e. The largest absolute Gasteiger partial charge is 0.389 e. The van der Waals surface area contributed by atoms with E-state index in [1.54, 1.807) is 4.90 Å². The molecule has 9 heteroatoms. The zero-order valence-electron chi connectivity index (χ0n) is 21.0. The normalized spacial score (nSPS) is 18.1. The summed E-state index contributed by atoms with van der Waals surface area (Å²) in [5, 5.41) is 19.8. The van der Waals surface area contributed by atoms with Crippen LogP contribution in [0.25, 0.3) is 0 Å². The second kappa shape index (κ2) is 13.0. The molecule has 2 rings (SSSR count). The van der Waals surface area contributed by atoms with Crippen LogP contribution >= 0.6 is 11.8 Å². The van der Waals surface area contributed by atoms with Crippen molar-refractivity contribution < 1.29 is 19.5 Å². The lowest BCUT2D eigenvalue weighted by atomic mass is 10.00. The quantitative estimate of drug-likeness (QED) is 0.400. The van der Waals surface area contributed by atoms with Crippen LogP contribution in [0.15, 0.2) is 30.3 Å². The number of aliphatic hydroxyl groups is 1. The maximum Gasteiger partial charge on any atom is 0.317 e. The highest BCUT2D eigenvalue weighted by Crippen LogP contribution is 2.13. The van der Waals surface area contributed by atoms with Crippen LogP contribution in [0.2, 0.25) is 0 Å². The molecule has 1 saturated heterocycles. The molecule has 0 aromatic heterocycles. The number of hydrogen-bond acceptors (Lipinski definition) is 5. The van der Waals surface area contributed by atoms with E-state index in [0.717, 1.165) is 12.0 Å². The number of rotatable bonds is 10. The molecule has 0 unspecified atom stereocenters. The number of amides is 4. The Morgan fingerprint density at radius 1 is 1.24 bits per heavy atom. The number of benzene rings is 1. The van der Waals surface area contributed by atoms with Gasteiger partial charge in [-0.15, -0.1) is 11.8 Å². The van der Waals surface area contributed by atoms with Crippen molar-refractivity contribution in [3.63, 3.8) is 0 Å². The second-order valence-corrected chi connectivity index (χ2v) is 11.3. The first kappa shape index (κ1) is 28.0. The summed E-state index contributed by atoms with van der Waals surface area (Å²) in [5.41, 5.74) is 0.550. The third-order valence-corrected chi connectivity index (χ3v) is 6.45. The van der Waals surface area contributed by atoms with Crippen LogP contribution in [0.3, 0.4) is 0 Å². The van der Waals surface area contributed by atoms with Gasteiger partial charge in [0.05, 0.1) is 24.4 Å². The molecule has 4 N–H and O–H groups in total. The summed E-state index contributed by atoms with van der Waals surface area (Å²) in [6.07, 6.45) is 0.209. The topological polar surface area (TPSA) is 111 Å². The van der Waals surface area contributed by atoms with Crippen molar-refractivity contribution in [1.82, 2.24) is 20.9 Å². The lowest BCUT2D eigenvalue weighted by molar-refractivity contribution is -0.128. The van der Waals surface area contributed by atoms with Gasteiger partial charge in [0.15, 0.2) is 0 Å². The van der Waals surface area contributed by atoms with Crippen molar-refractivity contribution in [1.29, 1.82) is 0 Å². The molecule has 1 aromatic rings. The fraction of sp³-hybridized carbons (Fsp3) is 0.640. The van der Waals surface area contributed by atoms with Crippen molar-refractivity contribution in [2.45, 2.75) is 71.2 Å². The van der Waals surface area contributed by atoms with E-state index >= 15 is 0 Å². The maximum absolute atomic E-state index is 13.0. The standard InChI is InChI=1S/C25H40N4O4S/c1-17(2)11-12-29(24(33)28-25(3,4)5)14-21(30)19(13-18-9-7-6-8-10-18)27-23(32)20-15-34-16-22(31)26-20/h6-10,17,19-21,30H,11-16H2,1-5H3,(H,26,31)(H,27,32)(H,28,33)/t19-,20-,21+/m0/s1. The monoisotopic (exact) mass is 492 g/mol. The van der Waals surface area contributed by atoms with Gasteiger partial charge in [-0.3, -0.25) is 9.59 Å². The Balaban J connectivity index is 2.17. The number of urea groups is 1. The van der Waals surface area contributed by atoms with Gasteiger partial charge in [-0.2, -0.15) is 0 Å². The summed E-state index contributed by atoms with van der Waals surface area (Å²) in [6.45, 7) is 10.5. The highest BCUT2D eigenvalue weighted by Gasteiger charge is 2.31. The van der Waals surface area contributed by atoms with Crippen molar-refractivity contribution >= 4 is 29.6 Å². The van der Waals surface area contributed by atoms with E-state index in [-0.39, 0.29) is 24.4 Å². The molecule has 0 aliphatic carbocycles. The molecule has 1 aliphatic rings. The highest BCUT2D eigenvalue weighted by molar-refractivity contribution is 8.00. The van der Waals surface area contributed by atoms with Gasteiger partial charge in [-0.1, -0.05) is 44.2 Å². The number of carbonyl (C=O) groups excluding carboxylic acids is 3. The van der Waals surface area contributed by atoms with Gasteiger partial charge >= 0.3 is 6.03 Å².